The fourth-order valence-electron chi connectivity index (χ4n) is 2.35. The predicted molar refractivity (Wildman–Crippen MR) is 82.2 cm³/mol. The Labute approximate surface area is 119 Å². The van der Waals surface area contributed by atoms with E-state index in [9.17, 15) is 0 Å². The zero-order valence-corrected chi connectivity index (χ0v) is 12.4. The van der Waals surface area contributed by atoms with Crippen molar-refractivity contribution in [1.82, 2.24) is 0 Å². The highest BCUT2D eigenvalue weighted by atomic mass is 32.1. The summed E-state index contributed by atoms with van der Waals surface area (Å²) in [5.74, 6) is 1.32. The van der Waals surface area contributed by atoms with Gasteiger partial charge in [-0.1, -0.05) is 12.1 Å². The summed E-state index contributed by atoms with van der Waals surface area (Å²) >= 11 is 1.80. The van der Waals surface area contributed by atoms with Crippen LogP contribution in [0.2, 0.25) is 0 Å². The molecule has 0 saturated heterocycles. The Morgan fingerprint density at radius 1 is 1.32 bits per heavy atom. The van der Waals surface area contributed by atoms with Gasteiger partial charge in [-0.05, 0) is 61.5 Å². The third-order valence-electron chi connectivity index (χ3n) is 3.30. The molecule has 102 valence electrons. The van der Waals surface area contributed by atoms with Gasteiger partial charge in [-0.2, -0.15) is 0 Å². The van der Waals surface area contributed by atoms with Gasteiger partial charge >= 0.3 is 0 Å². The van der Waals surface area contributed by atoms with Gasteiger partial charge in [-0.25, -0.2) is 0 Å². The van der Waals surface area contributed by atoms with E-state index in [1.165, 1.54) is 16.0 Å². The Balaban J connectivity index is 2.18. The number of nitrogens with two attached hydrogens (primary N) is 1. The molecule has 2 aromatic rings. The second-order valence-electron chi connectivity index (χ2n) is 4.67. The molecular weight excluding hydrogens is 254 g/mol. The van der Waals surface area contributed by atoms with Crippen molar-refractivity contribution >= 4 is 11.3 Å². The molecule has 1 unspecified atom stereocenters. The first-order valence-electron chi connectivity index (χ1n) is 6.70. The van der Waals surface area contributed by atoms with Gasteiger partial charge < -0.3 is 10.5 Å². The van der Waals surface area contributed by atoms with Crippen LogP contribution < -0.4 is 10.5 Å². The lowest BCUT2D eigenvalue weighted by atomic mass is 9.91. The molecule has 2 N–H and O–H groups in total. The third kappa shape index (κ3) is 3.58. The number of benzene rings is 1. The summed E-state index contributed by atoms with van der Waals surface area (Å²) in [6, 6.07) is 10.6. The molecule has 1 atom stereocenters. The molecule has 0 radical (unpaired) electrons. The number of ether oxygens (including phenoxy) is 1. The minimum Gasteiger partial charge on any atom is -0.494 e. The molecule has 19 heavy (non-hydrogen) atoms. The van der Waals surface area contributed by atoms with Gasteiger partial charge in [0.2, 0.25) is 0 Å². The van der Waals surface area contributed by atoms with Gasteiger partial charge in [-0.15, -0.1) is 11.3 Å². The first-order chi connectivity index (χ1) is 9.24. The second-order valence-corrected chi connectivity index (χ2v) is 5.70. The molecule has 2 rings (SSSR count). The van der Waals surface area contributed by atoms with E-state index in [1.54, 1.807) is 11.3 Å². The fourth-order valence-corrected chi connectivity index (χ4v) is 3.14. The lowest BCUT2D eigenvalue weighted by Crippen LogP contribution is -2.15. The van der Waals surface area contributed by atoms with Crippen LogP contribution in [-0.4, -0.2) is 13.2 Å². The molecule has 0 fully saturated rings. The minimum absolute atomic E-state index is 0.384. The van der Waals surface area contributed by atoms with Crippen molar-refractivity contribution in [2.75, 3.05) is 13.2 Å². The van der Waals surface area contributed by atoms with Crippen LogP contribution in [0.1, 0.15) is 28.8 Å². The monoisotopic (exact) mass is 275 g/mol. The molecule has 0 amide bonds. The summed E-state index contributed by atoms with van der Waals surface area (Å²) in [5, 5.41) is 2.12. The van der Waals surface area contributed by atoms with Crippen LogP contribution in [0.4, 0.5) is 0 Å². The number of hydrogen-bond acceptors (Lipinski definition) is 3. The van der Waals surface area contributed by atoms with Crippen LogP contribution in [0.3, 0.4) is 0 Å². The van der Waals surface area contributed by atoms with Gasteiger partial charge in [0.25, 0.3) is 0 Å². The summed E-state index contributed by atoms with van der Waals surface area (Å²) < 4.78 is 5.53. The number of hydrogen-bond donors (Lipinski definition) is 1. The van der Waals surface area contributed by atoms with Gasteiger partial charge in [0.1, 0.15) is 5.75 Å². The van der Waals surface area contributed by atoms with E-state index in [4.69, 9.17) is 10.5 Å². The normalized spacial score (nSPS) is 12.4. The average molecular weight is 275 g/mol. The van der Waals surface area contributed by atoms with E-state index in [2.05, 4.69) is 36.6 Å². The molecular formula is C16H21NOS. The molecule has 0 spiro atoms. The maximum atomic E-state index is 5.96. The minimum atomic E-state index is 0.384. The SMILES string of the molecule is CCOc1ccc(C(CN)Cc2cccs2)c(C)c1. The summed E-state index contributed by atoms with van der Waals surface area (Å²) in [5.41, 5.74) is 8.56. The zero-order chi connectivity index (χ0) is 13.7. The maximum absolute atomic E-state index is 5.96. The van der Waals surface area contributed by atoms with E-state index < -0.39 is 0 Å². The third-order valence-corrected chi connectivity index (χ3v) is 4.20. The molecule has 2 nitrogen and oxygen atoms in total. The van der Waals surface area contributed by atoms with Gasteiger partial charge in [0, 0.05) is 10.8 Å². The van der Waals surface area contributed by atoms with Crippen molar-refractivity contribution in [2.24, 2.45) is 5.73 Å². The Morgan fingerprint density at radius 2 is 2.16 bits per heavy atom. The van der Waals surface area contributed by atoms with Crippen molar-refractivity contribution in [1.29, 1.82) is 0 Å². The van der Waals surface area contributed by atoms with Crippen molar-refractivity contribution in [2.45, 2.75) is 26.2 Å². The highest BCUT2D eigenvalue weighted by Crippen LogP contribution is 2.27. The quantitative estimate of drug-likeness (QED) is 0.871. The van der Waals surface area contributed by atoms with E-state index in [0.29, 0.717) is 19.1 Å². The van der Waals surface area contributed by atoms with Gasteiger partial charge in [0.15, 0.2) is 0 Å². The molecule has 0 saturated carbocycles. The molecule has 1 heterocycles. The fraction of sp³-hybridized carbons (Fsp3) is 0.375. The Bertz CT molecular complexity index is 507. The number of thiophene rings is 1. The van der Waals surface area contributed by atoms with Crippen LogP contribution in [0.25, 0.3) is 0 Å². The summed E-state index contributed by atoms with van der Waals surface area (Å²) in [6.45, 7) is 5.51. The average Bonchev–Trinajstić information content (AvgIpc) is 2.90. The molecule has 1 aromatic carbocycles. The highest BCUT2D eigenvalue weighted by Gasteiger charge is 2.14. The maximum Gasteiger partial charge on any atom is 0.119 e. The topological polar surface area (TPSA) is 35.2 Å². The van der Waals surface area contributed by atoms with E-state index >= 15 is 0 Å². The Morgan fingerprint density at radius 3 is 2.74 bits per heavy atom. The molecule has 3 heteroatoms. The van der Waals surface area contributed by atoms with E-state index in [0.717, 1.165) is 12.2 Å². The Kier molecular flexibility index (Phi) is 5.00. The van der Waals surface area contributed by atoms with Crippen LogP contribution in [-0.2, 0) is 6.42 Å². The van der Waals surface area contributed by atoms with Crippen molar-refractivity contribution < 1.29 is 4.74 Å². The largest absolute Gasteiger partial charge is 0.494 e. The van der Waals surface area contributed by atoms with Crippen LogP contribution >= 0.6 is 11.3 Å². The lowest BCUT2D eigenvalue weighted by molar-refractivity contribution is 0.340. The first-order valence-corrected chi connectivity index (χ1v) is 7.58. The van der Waals surface area contributed by atoms with Crippen LogP contribution in [0.5, 0.6) is 5.75 Å². The molecule has 0 bridgehead atoms. The summed E-state index contributed by atoms with van der Waals surface area (Å²) in [7, 11) is 0. The predicted octanol–water partition coefficient (Wildman–Crippen LogP) is 3.74. The van der Waals surface area contributed by atoms with Crippen LogP contribution in [0.15, 0.2) is 35.7 Å². The summed E-state index contributed by atoms with van der Waals surface area (Å²) in [4.78, 5) is 1.39. The van der Waals surface area contributed by atoms with Crippen LogP contribution in [0, 0.1) is 6.92 Å². The van der Waals surface area contributed by atoms with Gasteiger partial charge in [-0.3, -0.25) is 0 Å². The lowest BCUT2D eigenvalue weighted by Gasteiger charge is -2.18. The second kappa shape index (κ2) is 6.73. The van der Waals surface area contributed by atoms with E-state index in [-0.39, 0.29) is 0 Å². The van der Waals surface area contributed by atoms with Crippen molar-refractivity contribution in [3.05, 3.63) is 51.7 Å². The van der Waals surface area contributed by atoms with Crippen molar-refractivity contribution in [3.8, 4) is 5.75 Å². The molecule has 0 aliphatic carbocycles. The zero-order valence-electron chi connectivity index (χ0n) is 11.6. The smallest absolute Gasteiger partial charge is 0.119 e. The molecule has 0 aliphatic rings. The highest BCUT2D eigenvalue weighted by molar-refractivity contribution is 7.09. The van der Waals surface area contributed by atoms with Crippen molar-refractivity contribution in [3.63, 3.8) is 0 Å². The molecule has 1 aromatic heterocycles. The van der Waals surface area contributed by atoms with Gasteiger partial charge in [0.05, 0.1) is 6.61 Å². The standard InChI is InChI=1S/C16H21NOS/c1-3-18-14-6-7-16(12(2)9-14)13(11-17)10-15-5-4-8-19-15/h4-9,13H,3,10-11,17H2,1-2H3. The number of aryl methyl sites for hydroxylation is 1. The summed E-state index contributed by atoms with van der Waals surface area (Å²) in [6.07, 6.45) is 1.02. The first kappa shape index (κ1) is 14.1. The van der Waals surface area contributed by atoms with E-state index in [1.807, 2.05) is 13.0 Å². The Hall–Kier alpha value is -1.32. The molecule has 0 aliphatic heterocycles. The number of rotatable bonds is 6.